The monoisotopic (exact) mass is 258 g/mol. The zero-order valence-corrected chi connectivity index (χ0v) is 10.4. The first kappa shape index (κ1) is 12.0. The van der Waals surface area contributed by atoms with Crippen LogP contribution in [0.4, 0.5) is 0 Å². The number of hydrogen-bond donors (Lipinski definition) is 1. The molecule has 1 amide bonds. The third-order valence-corrected chi connectivity index (χ3v) is 3.61. The minimum Gasteiger partial charge on any atom is -0.480 e. The van der Waals surface area contributed by atoms with Crippen LogP contribution in [0.25, 0.3) is 0 Å². The number of likely N-dealkylation sites (tertiary alicyclic amines) is 1. The smallest absolute Gasteiger partial charge is 0.264 e. The fraction of sp³-hybridized carbons (Fsp3) is 0.429. The number of carbonyl (C=O) groups excluding carboxylic acids is 1. The van der Waals surface area contributed by atoms with E-state index in [-0.39, 0.29) is 25.4 Å². The molecule has 5 nitrogen and oxygen atoms in total. The zero-order chi connectivity index (χ0) is 13.5. The lowest BCUT2D eigenvalue weighted by atomic mass is 9.90. The number of hydrogen-bond acceptors (Lipinski definition) is 4. The molecule has 0 unspecified atom stereocenters. The Morgan fingerprint density at radius 2 is 2.26 bits per heavy atom. The highest BCUT2D eigenvalue weighted by molar-refractivity contribution is 5.83. The topological polar surface area (TPSA) is 73.6 Å². The van der Waals surface area contributed by atoms with Crippen molar-refractivity contribution in [3.63, 3.8) is 0 Å². The third kappa shape index (κ3) is 2.04. The molecule has 1 fully saturated rings. The largest absolute Gasteiger partial charge is 0.480 e. The number of nitrogens with zero attached hydrogens (tertiary/aromatic N) is 2. The molecule has 1 saturated heterocycles. The van der Waals surface area contributed by atoms with Crippen LogP contribution >= 0.6 is 0 Å². The van der Waals surface area contributed by atoms with Crippen molar-refractivity contribution in [2.75, 3.05) is 13.1 Å². The molecule has 2 aliphatic heterocycles. The number of nitriles is 1. The lowest BCUT2D eigenvalue weighted by Crippen LogP contribution is -2.65. The summed E-state index contributed by atoms with van der Waals surface area (Å²) in [4.78, 5) is 13.7. The van der Waals surface area contributed by atoms with Crippen molar-refractivity contribution in [1.29, 1.82) is 5.26 Å². The SMILES string of the molecule is N#CCC1(O)CN(C(=O)[C@H]2Cc3ccccc3O2)C1. The predicted molar refractivity (Wildman–Crippen MR) is 66.3 cm³/mol. The van der Waals surface area contributed by atoms with Gasteiger partial charge < -0.3 is 14.7 Å². The van der Waals surface area contributed by atoms with Crippen LogP contribution in [0.5, 0.6) is 5.75 Å². The molecule has 0 aromatic heterocycles. The molecule has 0 aliphatic carbocycles. The molecule has 19 heavy (non-hydrogen) atoms. The van der Waals surface area contributed by atoms with Gasteiger partial charge >= 0.3 is 0 Å². The molecule has 0 bridgehead atoms. The first-order valence-electron chi connectivity index (χ1n) is 6.24. The Kier molecular flexibility index (Phi) is 2.68. The van der Waals surface area contributed by atoms with Gasteiger partial charge in [-0.1, -0.05) is 18.2 Å². The Balaban J connectivity index is 1.62. The molecule has 2 heterocycles. The number of amides is 1. The summed E-state index contributed by atoms with van der Waals surface area (Å²) in [6.45, 7) is 0.436. The van der Waals surface area contributed by atoms with E-state index >= 15 is 0 Å². The Hall–Kier alpha value is -2.06. The summed E-state index contributed by atoms with van der Waals surface area (Å²) in [7, 11) is 0. The average Bonchev–Trinajstić information content (AvgIpc) is 2.79. The molecule has 0 radical (unpaired) electrons. The fourth-order valence-corrected chi connectivity index (χ4v) is 2.60. The van der Waals surface area contributed by atoms with Crippen molar-refractivity contribution >= 4 is 5.91 Å². The van der Waals surface area contributed by atoms with E-state index in [0.717, 1.165) is 11.3 Å². The summed E-state index contributed by atoms with van der Waals surface area (Å²) >= 11 is 0. The van der Waals surface area contributed by atoms with Crippen molar-refractivity contribution in [3.05, 3.63) is 29.8 Å². The van der Waals surface area contributed by atoms with Crippen molar-refractivity contribution in [2.45, 2.75) is 24.5 Å². The molecule has 1 atom stereocenters. The van der Waals surface area contributed by atoms with Gasteiger partial charge in [0.15, 0.2) is 6.10 Å². The van der Waals surface area contributed by atoms with Gasteiger partial charge in [0.1, 0.15) is 11.4 Å². The van der Waals surface area contributed by atoms with E-state index < -0.39 is 11.7 Å². The van der Waals surface area contributed by atoms with Crippen LogP contribution in [0.1, 0.15) is 12.0 Å². The van der Waals surface area contributed by atoms with Crippen molar-refractivity contribution in [2.24, 2.45) is 0 Å². The molecule has 1 aromatic rings. The Labute approximate surface area is 111 Å². The fourth-order valence-electron chi connectivity index (χ4n) is 2.60. The molecule has 0 spiro atoms. The molecular formula is C14H14N2O3. The minimum atomic E-state index is -1.03. The predicted octanol–water partition coefficient (Wildman–Crippen LogP) is 0.477. The first-order valence-corrected chi connectivity index (χ1v) is 6.24. The molecular weight excluding hydrogens is 244 g/mol. The normalized spacial score (nSPS) is 22.9. The van der Waals surface area contributed by atoms with Crippen LogP contribution in [-0.2, 0) is 11.2 Å². The number of fused-ring (bicyclic) bond motifs is 1. The summed E-state index contributed by atoms with van der Waals surface area (Å²) < 4.78 is 5.62. The van der Waals surface area contributed by atoms with E-state index in [2.05, 4.69) is 0 Å². The highest BCUT2D eigenvalue weighted by Crippen LogP contribution is 2.31. The second-order valence-electron chi connectivity index (χ2n) is 5.17. The average molecular weight is 258 g/mol. The number of carbonyl (C=O) groups is 1. The summed E-state index contributed by atoms with van der Waals surface area (Å²) in [5.74, 6) is 0.646. The van der Waals surface area contributed by atoms with Crippen molar-refractivity contribution < 1.29 is 14.6 Å². The van der Waals surface area contributed by atoms with Gasteiger partial charge in [-0.3, -0.25) is 4.79 Å². The van der Waals surface area contributed by atoms with Crippen LogP contribution in [-0.4, -0.2) is 40.7 Å². The molecule has 1 aromatic carbocycles. The van der Waals surface area contributed by atoms with Gasteiger partial charge in [0, 0.05) is 6.42 Å². The van der Waals surface area contributed by atoms with Crippen LogP contribution in [0.15, 0.2) is 24.3 Å². The van der Waals surface area contributed by atoms with Gasteiger partial charge in [-0.25, -0.2) is 0 Å². The minimum absolute atomic E-state index is 0.0581. The van der Waals surface area contributed by atoms with Crippen LogP contribution in [0, 0.1) is 11.3 Å². The quantitative estimate of drug-likeness (QED) is 0.837. The Morgan fingerprint density at radius 1 is 1.53 bits per heavy atom. The number of rotatable bonds is 2. The zero-order valence-electron chi connectivity index (χ0n) is 10.4. The Bertz CT molecular complexity index is 533. The van der Waals surface area contributed by atoms with E-state index in [4.69, 9.17) is 10.00 Å². The lowest BCUT2D eigenvalue weighted by Gasteiger charge is -2.45. The van der Waals surface area contributed by atoms with Gasteiger partial charge in [0.2, 0.25) is 0 Å². The Morgan fingerprint density at radius 3 is 2.95 bits per heavy atom. The van der Waals surface area contributed by atoms with E-state index in [1.54, 1.807) is 4.90 Å². The molecule has 1 N–H and O–H groups in total. The van der Waals surface area contributed by atoms with Crippen LogP contribution < -0.4 is 4.74 Å². The lowest BCUT2D eigenvalue weighted by molar-refractivity contribution is -0.160. The molecule has 98 valence electrons. The maximum atomic E-state index is 12.2. The van der Waals surface area contributed by atoms with E-state index in [0.29, 0.717) is 6.42 Å². The third-order valence-electron chi connectivity index (χ3n) is 3.61. The maximum Gasteiger partial charge on any atom is 0.264 e. The van der Waals surface area contributed by atoms with Gasteiger partial charge in [-0.05, 0) is 11.6 Å². The highest BCUT2D eigenvalue weighted by atomic mass is 16.5. The summed E-state index contributed by atoms with van der Waals surface area (Å²) in [5, 5.41) is 18.5. The molecule has 3 rings (SSSR count). The summed E-state index contributed by atoms with van der Waals surface area (Å²) in [6, 6.07) is 9.53. The van der Waals surface area contributed by atoms with Crippen molar-refractivity contribution in [3.8, 4) is 11.8 Å². The molecule has 0 saturated carbocycles. The highest BCUT2D eigenvalue weighted by Gasteiger charge is 2.46. The molecule has 5 heteroatoms. The van der Waals surface area contributed by atoms with Crippen LogP contribution in [0.2, 0.25) is 0 Å². The second kappa shape index (κ2) is 4.25. The number of aliphatic hydroxyl groups is 1. The number of β-amino-alcohol motifs (C(OH)–C–C–N with tert-alkyl or cyclic N) is 1. The number of ether oxygens (including phenoxy) is 1. The van der Waals surface area contributed by atoms with Gasteiger partial charge in [0.25, 0.3) is 5.91 Å². The van der Waals surface area contributed by atoms with Gasteiger partial charge in [-0.2, -0.15) is 5.26 Å². The van der Waals surface area contributed by atoms with E-state index in [1.165, 1.54) is 0 Å². The maximum absolute atomic E-state index is 12.2. The summed E-state index contributed by atoms with van der Waals surface area (Å²) in [6.07, 6.45) is 0.133. The van der Waals surface area contributed by atoms with E-state index in [9.17, 15) is 9.90 Å². The van der Waals surface area contributed by atoms with Gasteiger partial charge in [0.05, 0.1) is 25.6 Å². The number of benzene rings is 1. The summed E-state index contributed by atoms with van der Waals surface area (Å²) in [5.41, 5.74) is 0.00392. The van der Waals surface area contributed by atoms with Crippen LogP contribution in [0.3, 0.4) is 0 Å². The first-order chi connectivity index (χ1) is 9.11. The second-order valence-corrected chi connectivity index (χ2v) is 5.17. The standard InChI is InChI=1S/C14H14N2O3/c15-6-5-14(18)8-16(9-14)13(17)12-7-10-3-1-2-4-11(10)19-12/h1-4,12,18H,5,7-9H2/t12-/m1/s1. The van der Waals surface area contributed by atoms with E-state index in [1.807, 2.05) is 30.3 Å². The van der Waals surface area contributed by atoms with Crippen molar-refractivity contribution in [1.82, 2.24) is 4.90 Å². The van der Waals surface area contributed by atoms with Gasteiger partial charge in [-0.15, -0.1) is 0 Å². The number of para-hydroxylation sites is 1. The molecule has 2 aliphatic rings.